The van der Waals surface area contributed by atoms with Gasteiger partial charge in [0.25, 0.3) is 0 Å². The monoisotopic (exact) mass is 488 g/mol. The zero-order chi connectivity index (χ0) is 23.1. The molecule has 170 valence electrons. The summed E-state index contributed by atoms with van der Waals surface area (Å²) in [6.45, 7) is 0.469. The fourth-order valence-electron chi connectivity index (χ4n) is 4.91. The molecule has 0 amide bonds. The lowest BCUT2D eigenvalue weighted by molar-refractivity contribution is 0.294. The van der Waals surface area contributed by atoms with Gasteiger partial charge in [-0.25, -0.2) is 9.97 Å². The van der Waals surface area contributed by atoms with E-state index in [1.165, 1.54) is 5.56 Å². The molecule has 1 aliphatic carbocycles. The average Bonchev–Trinajstić information content (AvgIpc) is 3.49. The summed E-state index contributed by atoms with van der Waals surface area (Å²) in [5, 5.41) is 2.44. The van der Waals surface area contributed by atoms with Crippen LogP contribution >= 0.6 is 23.2 Å². The molecule has 0 aliphatic heterocycles. The Morgan fingerprint density at radius 1 is 1.09 bits per heavy atom. The van der Waals surface area contributed by atoms with Gasteiger partial charge in [0.2, 0.25) is 5.88 Å². The normalized spacial score (nSPS) is 15.4. The summed E-state index contributed by atoms with van der Waals surface area (Å²) in [5.74, 6) is 0.587. The Kier molecular flexibility index (Phi) is 5.52. The van der Waals surface area contributed by atoms with E-state index < -0.39 is 0 Å². The van der Waals surface area contributed by atoms with Gasteiger partial charge in [-0.15, -0.1) is 0 Å². The maximum absolute atomic E-state index is 6.69. The first kappa shape index (κ1) is 21.3. The van der Waals surface area contributed by atoms with Crippen molar-refractivity contribution in [2.24, 2.45) is 0 Å². The highest BCUT2D eigenvalue weighted by Crippen LogP contribution is 2.42. The van der Waals surface area contributed by atoms with Gasteiger partial charge >= 0.3 is 0 Å². The number of rotatable bonds is 5. The van der Waals surface area contributed by atoms with E-state index in [-0.39, 0.29) is 6.04 Å². The number of nitrogens with zero attached hydrogens (tertiary/aromatic N) is 3. The molecule has 0 bridgehead atoms. The van der Waals surface area contributed by atoms with Crippen molar-refractivity contribution in [1.29, 1.82) is 0 Å². The lowest BCUT2D eigenvalue weighted by atomic mass is 9.87. The number of aryl methyl sites for hydroxylation is 1. The number of hydrogen-bond donors (Lipinski definition) is 1. The number of nitrogens with one attached hydrogen (secondary N) is 1. The largest absolute Gasteiger partial charge is 0.473 e. The number of halogens is 2. The van der Waals surface area contributed by atoms with E-state index in [2.05, 4.69) is 19.5 Å². The number of pyridine rings is 1. The summed E-state index contributed by atoms with van der Waals surface area (Å²) in [4.78, 5) is 12.3. The Bertz CT molecular complexity index is 1480. The van der Waals surface area contributed by atoms with Gasteiger partial charge < -0.3 is 14.3 Å². The van der Waals surface area contributed by atoms with Gasteiger partial charge in [0.15, 0.2) is 0 Å². The third-order valence-corrected chi connectivity index (χ3v) is 7.02. The van der Waals surface area contributed by atoms with Gasteiger partial charge in [0.05, 0.1) is 36.0 Å². The first-order valence-corrected chi connectivity index (χ1v) is 12.1. The van der Waals surface area contributed by atoms with E-state index >= 15 is 0 Å². The minimum absolute atomic E-state index is 0.103. The van der Waals surface area contributed by atoms with Crippen LogP contribution in [0, 0.1) is 0 Å². The number of benzene rings is 2. The molecule has 0 fully saturated rings. The summed E-state index contributed by atoms with van der Waals surface area (Å²) in [5.41, 5.74) is 6.48. The number of aromatic nitrogens is 4. The SMILES string of the molecule is Clc1cc(Cl)c2c(c1)CCCC2n1cncc1-c1c[nH]c2cnc(OCc3ccccc3)cc12. The highest BCUT2D eigenvalue weighted by molar-refractivity contribution is 6.35. The molecule has 0 spiro atoms. The smallest absolute Gasteiger partial charge is 0.214 e. The molecule has 3 heterocycles. The molecule has 5 nitrogen and oxygen atoms in total. The zero-order valence-corrected chi connectivity index (χ0v) is 19.9. The Balaban J connectivity index is 1.37. The Labute approximate surface area is 207 Å². The first-order chi connectivity index (χ1) is 16.7. The highest BCUT2D eigenvalue weighted by atomic mass is 35.5. The third-order valence-electron chi connectivity index (χ3n) is 6.49. The van der Waals surface area contributed by atoms with Crippen molar-refractivity contribution in [3.63, 3.8) is 0 Å². The van der Waals surface area contributed by atoms with Crippen LogP contribution in [0.15, 0.2) is 73.4 Å². The number of aromatic amines is 1. The number of imidazole rings is 1. The number of hydrogen-bond acceptors (Lipinski definition) is 3. The number of H-pyrrole nitrogens is 1. The molecule has 0 saturated heterocycles. The van der Waals surface area contributed by atoms with E-state index in [9.17, 15) is 0 Å². The standard InChI is InChI=1S/C27H22Cl2N4O/c28-19-9-18-7-4-8-24(27(18)22(29)10-19)33-16-30-14-25(33)21-12-31-23-13-32-26(11-20(21)23)34-15-17-5-2-1-3-6-17/h1-3,5-6,9-14,16,24,31H,4,7-8,15H2. The molecule has 0 radical (unpaired) electrons. The van der Waals surface area contributed by atoms with Crippen LogP contribution in [0.3, 0.4) is 0 Å². The average molecular weight is 489 g/mol. The van der Waals surface area contributed by atoms with Crippen LogP contribution in [0.5, 0.6) is 5.88 Å². The third kappa shape index (κ3) is 3.85. The summed E-state index contributed by atoms with van der Waals surface area (Å²) >= 11 is 13.0. The van der Waals surface area contributed by atoms with E-state index in [4.69, 9.17) is 27.9 Å². The van der Waals surface area contributed by atoms with Crippen LogP contribution in [-0.2, 0) is 13.0 Å². The van der Waals surface area contributed by atoms with Crippen LogP contribution in [0.4, 0.5) is 0 Å². The fraction of sp³-hybridized carbons (Fsp3) is 0.185. The summed E-state index contributed by atoms with van der Waals surface area (Å²) < 4.78 is 8.21. The Morgan fingerprint density at radius 3 is 2.85 bits per heavy atom. The maximum atomic E-state index is 6.69. The maximum Gasteiger partial charge on any atom is 0.214 e. The molecule has 1 N–H and O–H groups in total. The molecule has 2 aromatic carbocycles. The minimum Gasteiger partial charge on any atom is -0.473 e. The van der Waals surface area contributed by atoms with E-state index in [1.54, 1.807) is 0 Å². The quantitative estimate of drug-likeness (QED) is 0.283. The highest BCUT2D eigenvalue weighted by Gasteiger charge is 2.27. The van der Waals surface area contributed by atoms with Crippen LogP contribution in [-0.4, -0.2) is 19.5 Å². The van der Waals surface area contributed by atoms with Gasteiger partial charge in [-0.1, -0.05) is 53.5 Å². The Morgan fingerprint density at radius 2 is 1.97 bits per heavy atom. The molecule has 1 aliphatic rings. The lowest BCUT2D eigenvalue weighted by Gasteiger charge is -2.29. The topological polar surface area (TPSA) is 55.7 Å². The number of fused-ring (bicyclic) bond motifs is 2. The van der Waals surface area contributed by atoms with Crippen LogP contribution in [0.2, 0.25) is 10.0 Å². The van der Waals surface area contributed by atoms with Gasteiger partial charge in [0, 0.05) is 33.3 Å². The summed E-state index contributed by atoms with van der Waals surface area (Å²) in [7, 11) is 0. The van der Waals surface area contributed by atoms with Crippen molar-refractivity contribution >= 4 is 34.1 Å². The van der Waals surface area contributed by atoms with Gasteiger partial charge in [-0.05, 0) is 48.1 Å². The molecular weight excluding hydrogens is 467 g/mol. The predicted octanol–water partition coefficient (Wildman–Crippen LogP) is 7.24. The van der Waals surface area contributed by atoms with Gasteiger partial charge in [0.1, 0.15) is 6.61 Å². The molecule has 3 aromatic heterocycles. The van der Waals surface area contributed by atoms with Crippen molar-refractivity contribution in [1.82, 2.24) is 19.5 Å². The second kappa shape index (κ2) is 8.82. The van der Waals surface area contributed by atoms with Crippen LogP contribution in [0.1, 0.15) is 35.6 Å². The van der Waals surface area contributed by atoms with Crippen LogP contribution < -0.4 is 4.74 Å². The van der Waals surface area contributed by atoms with Crippen molar-refractivity contribution < 1.29 is 4.74 Å². The molecule has 5 aromatic rings. The van der Waals surface area contributed by atoms with Crippen molar-refractivity contribution in [2.75, 3.05) is 0 Å². The van der Waals surface area contributed by atoms with Crippen molar-refractivity contribution in [2.45, 2.75) is 31.9 Å². The molecule has 7 heteroatoms. The molecule has 1 atom stereocenters. The van der Waals surface area contributed by atoms with Crippen molar-refractivity contribution in [3.8, 4) is 17.1 Å². The fourth-order valence-corrected chi connectivity index (χ4v) is 5.57. The van der Waals surface area contributed by atoms with E-state index in [1.807, 2.05) is 73.4 Å². The molecule has 0 saturated carbocycles. The molecule has 34 heavy (non-hydrogen) atoms. The Hall–Kier alpha value is -3.28. The van der Waals surface area contributed by atoms with Gasteiger partial charge in [-0.2, -0.15) is 0 Å². The molecule has 6 rings (SSSR count). The van der Waals surface area contributed by atoms with Crippen molar-refractivity contribution in [3.05, 3.63) is 100 Å². The number of ether oxygens (including phenoxy) is 1. The summed E-state index contributed by atoms with van der Waals surface area (Å²) in [6, 6.07) is 16.1. The second-order valence-corrected chi connectivity index (χ2v) is 9.44. The first-order valence-electron chi connectivity index (χ1n) is 11.3. The lowest BCUT2D eigenvalue weighted by Crippen LogP contribution is -2.18. The molecular formula is C27H22Cl2N4O. The minimum atomic E-state index is 0.103. The summed E-state index contributed by atoms with van der Waals surface area (Å²) in [6.07, 6.45) is 10.7. The molecule has 1 unspecified atom stereocenters. The van der Waals surface area contributed by atoms with E-state index in [0.29, 0.717) is 22.5 Å². The van der Waals surface area contributed by atoms with E-state index in [0.717, 1.165) is 52.5 Å². The van der Waals surface area contributed by atoms with Gasteiger partial charge in [-0.3, -0.25) is 0 Å². The second-order valence-electron chi connectivity index (χ2n) is 8.60. The van der Waals surface area contributed by atoms with Crippen LogP contribution in [0.25, 0.3) is 22.2 Å². The predicted molar refractivity (Wildman–Crippen MR) is 136 cm³/mol. The zero-order valence-electron chi connectivity index (χ0n) is 18.3.